The molecule has 0 aliphatic heterocycles. The summed E-state index contributed by atoms with van der Waals surface area (Å²) < 4.78 is 2.46. The van der Waals surface area contributed by atoms with Gasteiger partial charge in [0.2, 0.25) is 0 Å². The Morgan fingerprint density at radius 1 is 0.500 bits per heavy atom. The number of benzene rings is 4. The second-order valence-electron chi connectivity index (χ2n) is 8.66. The molecule has 0 saturated carbocycles. The highest BCUT2D eigenvalue weighted by molar-refractivity contribution is 6.10. The predicted octanol–water partition coefficient (Wildman–Crippen LogP) is 8.33. The molecule has 0 bridgehead atoms. The van der Waals surface area contributed by atoms with Crippen molar-refractivity contribution in [3.8, 4) is 22.3 Å². The van der Waals surface area contributed by atoms with E-state index in [9.17, 15) is 0 Å². The van der Waals surface area contributed by atoms with Gasteiger partial charge in [0.1, 0.15) is 0 Å². The smallest absolute Gasteiger partial charge is 0.0494 e. The molecular weight excluding hydrogens is 362 g/mol. The van der Waals surface area contributed by atoms with E-state index in [4.69, 9.17) is 0 Å². The first-order chi connectivity index (χ1) is 14.5. The van der Waals surface area contributed by atoms with Crippen LogP contribution >= 0.6 is 0 Å². The molecule has 0 fully saturated rings. The lowest BCUT2D eigenvalue weighted by molar-refractivity contribution is 0.642. The van der Waals surface area contributed by atoms with Crippen molar-refractivity contribution >= 4 is 21.8 Å². The third-order valence-corrected chi connectivity index (χ3v) is 6.09. The van der Waals surface area contributed by atoms with Crippen molar-refractivity contribution in [3.05, 3.63) is 96.1 Å². The highest BCUT2D eigenvalue weighted by Gasteiger charge is 2.14. The maximum Gasteiger partial charge on any atom is 0.0494 e. The first-order valence-corrected chi connectivity index (χ1v) is 10.7. The number of aromatic nitrogens is 1. The molecule has 0 spiro atoms. The summed E-state index contributed by atoms with van der Waals surface area (Å²) in [6, 6.07) is 31.8. The molecule has 0 aliphatic rings. The lowest BCUT2D eigenvalue weighted by atomic mass is 9.99. The molecule has 0 saturated heterocycles. The summed E-state index contributed by atoms with van der Waals surface area (Å²) in [6.45, 7) is 8.80. The van der Waals surface area contributed by atoms with E-state index in [1.165, 1.54) is 55.2 Å². The van der Waals surface area contributed by atoms with Gasteiger partial charge in [-0.25, -0.2) is 0 Å². The lowest BCUT2D eigenvalue weighted by Crippen LogP contribution is -1.99. The highest BCUT2D eigenvalue weighted by Crippen LogP contribution is 2.37. The summed E-state index contributed by atoms with van der Waals surface area (Å²) in [5.74, 6) is 0. The van der Waals surface area contributed by atoms with Crippen LogP contribution in [0.2, 0.25) is 0 Å². The molecule has 1 heteroatoms. The van der Waals surface area contributed by atoms with Crippen LogP contribution in [0.1, 0.15) is 31.0 Å². The average molecular weight is 390 g/mol. The largest absolute Gasteiger partial charge is 0.338 e. The van der Waals surface area contributed by atoms with Gasteiger partial charge >= 0.3 is 0 Å². The molecule has 30 heavy (non-hydrogen) atoms. The minimum Gasteiger partial charge on any atom is -0.338 e. The van der Waals surface area contributed by atoms with Crippen LogP contribution in [0, 0.1) is 13.8 Å². The lowest BCUT2D eigenvalue weighted by Gasteiger charge is -2.12. The van der Waals surface area contributed by atoms with Gasteiger partial charge in [-0.05, 0) is 74.2 Å². The van der Waals surface area contributed by atoms with Gasteiger partial charge in [0.15, 0.2) is 0 Å². The number of aryl methyl sites for hydroxylation is 2. The van der Waals surface area contributed by atoms with Gasteiger partial charge in [0.25, 0.3) is 0 Å². The molecule has 5 rings (SSSR count). The van der Waals surface area contributed by atoms with Gasteiger partial charge in [-0.15, -0.1) is 0 Å². The van der Waals surface area contributed by atoms with Crippen molar-refractivity contribution in [2.75, 3.05) is 0 Å². The quantitative estimate of drug-likeness (QED) is 0.292. The summed E-state index contributed by atoms with van der Waals surface area (Å²) in [5.41, 5.74) is 10.3. The van der Waals surface area contributed by atoms with Crippen LogP contribution in [0.5, 0.6) is 0 Å². The van der Waals surface area contributed by atoms with Crippen LogP contribution in [-0.2, 0) is 0 Å². The van der Waals surface area contributed by atoms with Gasteiger partial charge in [-0.2, -0.15) is 0 Å². The molecule has 0 atom stereocenters. The van der Waals surface area contributed by atoms with Crippen molar-refractivity contribution in [3.63, 3.8) is 0 Å². The zero-order chi connectivity index (χ0) is 20.8. The minimum absolute atomic E-state index is 0.403. The number of fused-ring (bicyclic) bond motifs is 3. The summed E-state index contributed by atoms with van der Waals surface area (Å²) >= 11 is 0. The molecule has 0 aliphatic carbocycles. The molecule has 0 unspecified atom stereocenters. The minimum atomic E-state index is 0.403. The fourth-order valence-corrected chi connectivity index (χ4v) is 4.46. The van der Waals surface area contributed by atoms with Crippen molar-refractivity contribution in [2.45, 2.75) is 33.7 Å². The van der Waals surface area contributed by atoms with Gasteiger partial charge in [-0.3, -0.25) is 0 Å². The molecule has 1 aromatic heterocycles. The van der Waals surface area contributed by atoms with E-state index in [2.05, 4.69) is 117 Å². The van der Waals surface area contributed by atoms with Crippen molar-refractivity contribution in [2.24, 2.45) is 0 Å². The van der Waals surface area contributed by atoms with E-state index in [0.717, 1.165) is 0 Å². The van der Waals surface area contributed by atoms with E-state index in [1.807, 2.05) is 0 Å². The van der Waals surface area contributed by atoms with Crippen LogP contribution in [0.15, 0.2) is 84.9 Å². The Hall–Kier alpha value is -3.32. The zero-order valence-corrected chi connectivity index (χ0v) is 18.1. The van der Waals surface area contributed by atoms with Crippen LogP contribution in [0.3, 0.4) is 0 Å². The first-order valence-electron chi connectivity index (χ1n) is 10.7. The Kier molecular flexibility index (Phi) is 4.47. The van der Waals surface area contributed by atoms with E-state index < -0.39 is 0 Å². The number of hydrogen-bond donors (Lipinski definition) is 0. The summed E-state index contributed by atoms with van der Waals surface area (Å²) in [4.78, 5) is 0. The normalized spacial score (nSPS) is 11.6. The first kappa shape index (κ1) is 18.7. The Morgan fingerprint density at radius 3 is 1.23 bits per heavy atom. The second-order valence-corrected chi connectivity index (χ2v) is 8.66. The Balaban J connectivity index is 1.76. The Morgan fingerprint density at radius 2 is 0.867 bits per heavy atom. The number of hydrogen-bond acceptors (Lipinski definition) is 0. The fraction of sp³-hybridized carbons (Fsp3) is 0.172. The molecule has 148 valence electrons. The fourth-order valence-electron chi connectivity index (χ4n) is 4.46. The molecule has 1 heterocycles. The Bertz CT molecular complexity index is 1250. The molecule has 4 aromatic carbocycles. The van der Waals surface area contributed by atoms with E-state index >= 15 is 0 Å². The van der Waals surface area contributed by atoms with Gasteiger partial charge in [0, 0.05) is 27.8 Å². The summed E-state index contributed by atoms with van der Waals surface area (Å²) in [7, 11) is 0. The molecular formula is C29H27N. The predicted molar refractivity (Wildman–Crippen MR) is 130 cm³/mol. The SMILES string of the molecule is Cc1ccc(-c2ccc3c(c2)c2cc(-c4ccc(C)cc4)ccc2n3C(C)C)cc1. The zero-order valence-electron chi connectivity index (χ0n) is 18.1. The third-order valence-electron chi connectivity index (χ3n) is 6.09. The van der Waals surface area contributed by atoms with E-state index in [1.54, 1.807) is 0 Å². The van der Waals surface area contributed by atoms with E-state index in [-0.39, 0.29) is 0 Å². The van der Waals surface area contributed by atoms with E-state index in [0.29, 0.717) is 6.04 Å². The van der Waals surface area contributed by atoms with Crippen molar-refractivity contribution in [1.82, 2.24) is 4.57 Å². The summed E-state index contributed by atoms with van der Waals surface area (Å²) in [6.07, 6.45) is 0. The maximum atomic E-state index is 2.46. The third kappa shape index (κ3) is 3.11. The average Bonchev–Trinajstić information content (AvgIpc) is 3.08. The maximum absolute atomic E-state index is 2.46. The molecule has 5 aromatic rings. The molecule has 0 N–H and O–H groups in total. The van der Waals surface area contributed by atoms with Crippen molar-refractivity contribution in [1.29, 1.82) is 0 Å². The van der Waals surface area contributed by atoms with Crippen LogP contribution in [0.4, 0.5) is 0 Å². The topological polar surface area (TPSA) is 4.93 Å². The van der Waals surface area contributed by atoms with Crippen LogP contribution < -0.4 is 0 Å². The second kappa shape index (κ2) is 7.18. The van der Waals surface area contributed by atoms with Crippen molar-refractivity contribution < 1.29 is 0 Å². The molecule has 0 radical (unpaired) electrons. The number of rotatable bonds is 3. The van der Waals surface area contributed by atoms with Gasteiger partial charge < -0.3 is 4.57 Å². The monoisotopic (exact) mass is 389 g/mol. The van der Waals surface area contributed by atoms with Crippen LogP contribution in [0.25, 0.3) is 44.1 Å². The van der Waals surface area contributed by atoms with Gasteiger partial charge in [-0.1, -0.05) is 71.8 Å². The molecule has 0 amide bonds. The summed E-state index contributed by atoms with van der Waals surface area (Å²) in [5, 5.41) is 2.65. The standard InChI is InChI=1S/C29H27N/c1-19(2)30-28-15-13-24(22-9-5-20(3)6-10-22)17-26(28)27-18-25(14-16-29(27)30)23-11-7-21(4)8-12-23/h5-19H,1-4H3. The highest BCUT2D eigenvalue weighted by atomic mass is 15.0. The van der Waals surface area contributed by atoms with Crippen LogP contribution in [-0.4, -0.2) is 4.57 Å². The Labute approximate surface area is 178 Å². The molecule has 1 nitrogen and oxygen atoms in total. The van der Waals surface area contributed by atoms with Gasteiger partial charge in [0.05, 0.1) is 0 Å². The number of nitrogens with zero attached hydrogens (tertiary/aromatic N) is 1.